The molecule has 4 heterocycles. The number of hydrogen-bond donors (Lipinski definition) is 3. The normalized spacial score (nSPS) is 26.6. The molecule has 6 rings (SSSR count). The first-order valence-electron chi connectivity index (χ1n) is 14.2. The first-order chi connectivity index (χ1) is 19.1. The number of carbonyl (C=O) groups excluding carboxylic acids is 1. The second-order valence-corrected chi connectivity index (χ2v) is 11.9. The summed E-state index contributed by atoms with van der Waals surface area (Å²) in [6.45, 7) is 9.97. The molecule has 6 atom stereocenters. The number of phenols is 2. The molecule has 9 nitrogen and oxygen atoms in total. The molecule has 41 heavy (non-hydrogen) atoms. The molecule has 0 saturated carbocycles. The van der Waals surface area contributed by atoms with Gasteiger partial charge in [-0.1, -0.05) is 19.9 Å². The predicted octanol–water partition coefficient (Wildman–Crippen LogP) is 3.69. The van der Waals surface area contributed by atoms with E-state index in [1.165, 1.54) is 0 Å². The van der Waals surface area contributed by atoms with E-state index in [1.807, 2.05) is 41.7 Å². The maximum atomic E-state index is 13.0. The van der Waals surface area contributed by atoms with Crippen LogP contribution in [-0.4, -0.2) is 64.4 Å². The number of rotatable bonds is 4. The van der Waals surface area contributed by atoms with E-state index in [2.05, 4.69) is 27.3 Å². The monoisotopic (exact) mass is 773 g/mol. The van der Waals surface area contributed by atoms with E-state index in [-0.39, 0.29) is 93.1 Å². The van der Waals surface area contributed by atoms with E-state index in [4.69, 9.17) is 9.47 Å². The average molecular weight is 774 g/mol. The molecule has 2 aromatic carbocycles. The molecular weight excluding hydrogens is 735 g/mol. The molecule has 4 aliphatic rings. The summed E-state index contributed by atoms with van der Waals surface area (Å²) in [5.74, 6) is 1.37. The first kappa shape index (κ1) is 30.4. The average Bonchev–Trinajstić information content (AvgIpc) is 3.43. The van der Waals surface area contributed by atoms with Gasteiger partial charge in [-0.25, -0.2) is 0 Å². The Labute approximate surface area is 277 Å². The minimum absolute atomic E-state index is 0. The standard InChI is InChI=1S/C31H38N4O5.Ac/c1-7-14(2)31(38)33-12-23-25-19(27(36)17(5)29-30(25)40-13-39-29)10-21-26-24-18(8-15(3)16(4)28(24)37)9-20(34(26)6)22(11-32)35(21)23;/h8,14,20-23,26,36-37H,7,9-10,12-13H2,1-6H3,(H,33,38);/t14-,20-,21?,22-,23-,26-;/m0./s1. The topological polar surface area (TPSA) is 118 Å². The third-order valence-corrected chi connectivity index (χ3v) is 9.99. The summed E-state index contributed by atoms with van der Waals surface area (Å²) in [6.07, 6.45) is 1.81. The molecule has 0 aliphatic carbocycles. The number of benzene rings is 2. The van der Waals surface area contributed by atoms with Gasteiger partial charge >= 0.3 is 0 Å². The van der Waals surface area contributed by atoms with Crippen LogP contribution in [-0.2, 0) is 17.6 Å². The number of nitrogens with zero attached hydrogens (tertiary/aromatic N) is 3. The summed E-state index contributed by atoms with van der Waals surface area (Å²) in [5, 5.41) is 36.8. The molecule has 1 saturated heterocycles. The molecule has 0 aromatic heterocycles. The zero-order valence-corrected chi connectivity index (χ0v) is 29.4. The van der Waals surface area contributed by atoms with Crippen molar-refractivity contribution in [2.45, 2.75) is 84.1 Å². The number of piperazine rings is 1. The van der Waals surface area contributed by atoms with Crippen LogP contribution in [0.4, 0.5) is 0 Å². The Morgan fingerprint density at radius 1 is 1.12 bits per heavy atom. The van der Waals surface area contributed by atoms with Gasteiger partial charge in [0.15, 0.2) is 11.5 Å². The van der Waals surface area contributed by atoms with Gasteiger partial charge in [0.1, 0.15) is 17.5 Å². The van der Waals surface area contributed by atoms with E-state index in [1.54, 1.807) is 0 Å². The molecule has 1 amide bonds. The van der Waals surface area contributed by atoms with Gasteiger partial charge in [0, 0.05) is 90.9 Å². The van der Waals surface area contributed by atoms with Crippen LogP contribution in [0.3, 0.4) is 0 Å². The summed E-state index contributed by atoms with van der Waals surface area (Å²) in [4.78, 5) is 17.4. The fourth-order valence-electron chi connectivity index (χ4n) is 7.46. The number of nitrogens with one attached hydrogen (secondary N) is 1. The molecule has 1 radical (unpaired) electrons. The number of carbonyl (C=O) groups is 1. The van der Waals surface area contributed by atoms with Gasteiger partial charge in [0.2, 0.25) is 12.7 Å². The van der Waals surface area contributed by atoms with Crippen LogP contribution >= 0.6 is 0 Å². The number of fused-ring (bicyclic) bond motifs is 9. The molecule has 0 spiro atoms. The van der Waals surface area contributed by atoms with Crippen molar-refractivity contribution < 1.29 is 68.5 Å². The Kier molecular flexibility index (Phi) is 8.33. The van der Waals surface area contributed by atoms with E-state index in [0.717, 1.165) is 39.8 Å². The fraction of sp³-hybridized carbons (Fsp3) is 0.548. The molecule has 1 fully saturated rings. The maximum Gasteiger partial charge on any atom is 0.231 e. The molecule has 2 bridgehead atoms. The number of likely N-dealkylation sites (N-methyl/N-ethyl adjacent to an activating group) is 1. The smallest absolute Gasteiger partial charge is 0.231 e. The zero-order chi connectivity index (χ0) is 28.6. The Morgan fingerprint density at radius 2 is 1.83 bits per heavy atom. The van der Waals surface area contributed by atoms with Crippen LogP contribution in [0.2, 0.25) is 0 Å². The van der Waals surface area contributed by atoms with Crippen LogP contribution in [0, 0.1) is 82.1 Å². The van der Waals surface area contributed by atoms with Crippen LogP contribution in [0.25, 0.3) is 0 Å². The molecular formula is C31H38AcN4O5. The molecule has 215 valence electrons. The second-order valence-electron chi connectivity index (χ2n) is 11.9. The summed E-state index contributed by atoms with van der Waals surface area (Å²) >= 11 is 0. The van der Waals surface area contributed by atoms with Gasteiger partial charge in [-0.3, -0.25) is 14.6 Å². The van der Waals surface area contributed by atoms with Gasteiger partial charge in [-0.15, -0.1) is 0 Å². The molecule has 3 N–H and O–H groups in total. The second kappa shape index (κ2) is 11.2. The fourth-order valence-corrected chi connectivity index (χ4v) is 7.46. The number of ether oxygens (including phenoxy) is 2. The van der Waals surface area contributed by atoms with Gasteiger partial charge in [-0.2, -0.15) is 5.26 Å². The first-order valence-corrected chi connectivity index (χ1v) is 14.2. The quantitative estimate of drug-likeness (QED) is 0.431. The van der Waals surface area contributed by atoms with E-state index >= 15 is 0 Å². The zero-order valence-electron chi connectivity index (χ0n) is 24.6. The Morgan fingerprint density at radius 3 is 2.51 bits per heavy atom. The SMILES string of the molecule is CC[C@H](C)C(=O)NC[C@H]1c2c(c(O)c(C)c3c2OCO3)CC2[C@H]3c4c(cc(C)c(C)c4O)C[C@@H]([C@H](C#N)N21)N3C.[Ac]. The Balaban J connectivity index is 0.00000337. The van der Waals surface area contributed by atoms with Crippen LogP contribution in [0.15, 0.2) is 6.07 Å². The number of nitriles is 1. The van der Waals surface area contributed by atoms with Crippen molar-refractivity contribution in [1.29, 1.82) is 5.26 Å². The van der Waals surface area contributed by atoms with Gasteiger partial charge in [-0.05, 0) is 63.8 Å². The summed E-state index contributed by atoms with van der Waals surface area (Å²) in [5.41, 5.74) is 6.02. The summed E-state index contributed by atoms with van der Waals surface area (Å²) in [6, 6.07) is 3.30. The molecule has 2 aromatic rings. The van der Waals surface area contributed by atoms with Crippen LogP contribution in [0.1, 0.15) is 71.3 Å². The van der Waals surface area contributed by atoms with Gasteiger partial charge < -0.3 is 25.0 Å². The predicted molar refractivity (Wildman–Crippen MR) is 148 cm³/mol. The van der Waals surface area contributed by atoms with Gasteiger partial charge in [0.25, 0.3) is 0 Å². The van der Waals surface area contributed by atoms with Crippen molar-refractivity contribution in [1.82, 2.24) is 15.1 Å². The third kappa shape index (κ3) is 4.46. The minimum Gasteiger partial charge on any atom is -0.507 e. The van der Waals surface area contributed by atoms with E-state index < -0.39 is 12.1 Å². The molecule has 10 heteroatoms. The van der Waals surface area contributed by atoms with Crippen molar-refractivity contribution in [2.24, 2.45) is 5.92 Å². The molecule has 1 unspecified atom stereocenters. The number of hydrogen-bond acceptors (Lipinski definition) is 8. The third-order valence-electron chi connectivity index (χ3n) is 9.99. The van der Waals surface area contributed by atoms with Crippen molar-refractivity contribution in [3.63, 3.8) is 0 Å². The van der Waals surface area contributed by atoms with Crippen LogP contribution in [0.5, 0.6) is 23.0 Å². The van der Waals surface area contributed by atoms with Crippen molar-refractivity contribution in [3.05, 3.63) is 45.0 Å². The largest absolute Gasteiger partial charge is 0.507 e. The van der Waals surface area contributed by atoms with Crippen molar-refractivity contribution in [3.8, 4) is 29.1 Å². The number of aryl methyl sites for hydroxylation is 1. The van der Waals surface area contributed by atoms with E-state index in [9.17, 15) is 20.3 Å². The number of phenolic OH excluding ortho intramolecular Hbond substituents is 2. The number of amides is 1. The van der Waals surface area contributed by atoms with Gasteiger partial charge in [0.05, 0.1) is 18.2 Å². The molecule has 4 aliphatic heterocycles. The van der Waals surface area contributed by atoms with Crippen molar-refractivity contribution >= 4 is 5.91 Å². The Bertz CT molecular complexity index is 1460. The maximum absolute atomic E-state index is 13.0. The van der Waals surface area contributed by atoms with Crippen LogP contribution < -0.4 is 14.8 Å². The summed E-state index contributed by atoms with van der Waals surface area (Å²) < 4.78 is 11.8. The van der Waals surface area contributed by atoms with E-state index in [0.29, 0.717) is 35.7 Å². The number of aromatic hydroxyl groups is 2. The van der Waals surface area contributed by atoms with Crippen molar-refractivity contribution in [2.75, 3.05) is 20.4 Å². The minimum atomic E-state index is -0.483. The summed E-state index contributed by atoms with van der Waals surface area (Å²) in [7, 11) is 2.04. The Hall–Kier alpha value is -2.04.